The third kappa shape index (κ3) is 5.95. The first kappa shape index (κ1) is 26.8. The topological polar surface area (TPSA) is 126 Å². The Kier molecular flexibility index (Phi) is 7.92. The van der Waals surface area contributed by atoms with Crippen molar-refractivity contribution in [1.82, 2.24) is 24.3 Å². The maximum absolute atomic E-state index is 12.9. The lowest BCUT2D eigenvalue weighted by atomic mass is 9.89. The van der Waals surface area contributed by atoms with Crippen LogP contribution in [0.3, 0.4) is 0 Å². The molecule has 0 unspecified atom stereocenters. The number of amides is 2. The number of likely N-dealkylation sites (tertiary alicyclic amines) is 1. The Balaban J connectivity index is 1.32. The zero-order valence-electron chi connectivity index (χ0n) is 22.7. The Morgan fingerprint density at radius 3 is 2.38 bits per heavy atom. The Hall–Kier alpha value is -3.79. The van der Waals surface area contributed by atoms with Gasteiger partial charge in [0.15, 0.2) is 0 Å². The van der Waals surface area contributed by atoms with Crippen LogP contribution in [0.25, 0.3) is 11.0 Å². The molecule has 1 saturated carbocycles. The minimum atomic E-state index is -0.736. The highest BCUT2D eigenvalue weighted by Crippen LogP contribution is 2.31. The summed E-state index contributed by atoms with van der Waals surface area (Å²) in [6.07, 6.45) is 10.3. The van der Waals surface area contributed by atoms with Crippen LogP contribution < -0.4 is 16.5 Å². The van der Waals surface area contributed by atoms with Gasteiger partial charge in [-0.2, -0.15) is 4.98 Å². The van der Waals surface area contributed by atoms with Gasteiger partial charge in [0.05, 0.1) is 11.9 Å². The number of hydrogen-bond donors (Lipinski definition) is 2. The van der Waals surface area contributed by atoms with Crippen molar-refractivity contribution in [2.75, 3.05) is 39.0 Å². The van der Waals surface area contributed by atoms with E-state index in [-0.39, 0.29) is 17.5 Å². The van der Waals surface area contributed by atoms with Gasteiger partial charge >= 0.3 is 0 Å². The first-order valence-corrected chi connectivity index (χ1v) is 13.8. The number of carbonyl (C=O) groups is 2. The summed E-state index contributed by atoms with van der Waals surface area (Å²) in [6.45, 7) is 2.01. The summed E-state index contributed by atoms with van der Waals surface area (Å²) in [7, 11) is 3.83. The highest BCUT2D eigenvalue weighted by atomic mass is 16.2. The standard InChI is InChI=1S/C29H37N7O3/c1-34(2)18-25(37)35-14-12-20(13-15-35)19-8-10-21(11-9-19)32-29-31-16-23-26(38)24(27(30)39)17-36(28(23)33-29)22-6-4-3-5-7-22/h8-11,16-17,20,22H,3-7,12-15,18H2,1-2H3,(H2,30,39)(H,31,32,33). The van der Waals surface area contributed by atoms with Gasteiger partial charge in [0, 0.05) is 37.2 Å². The molecule has 0 atom stereocenters. The molecular formula is C29H37N7O3. The first-order chi connectivity index (χ1) is 18.8. The number of primary amides is 1. The molecule has 1 aliphatic carbocycles. The summed E-state index contributed by atoms with van der Waals surface area (Å²) in [4.78, 5) is 50.2. The van der Waals surface area contributed by atoms with E-state index in [0.717, 1.165) is 57.3 Å². The number of nitrogens with one attached hydrogen (secondary N) is 1. The molecule has 3 aromatic rings. The second-order valence-corrected chi connectivity index (χ2v) is 11.0. The van der Waals surface area contributed by atoms with Gasteiger partial charge in [-0.05, 0) is 63.4 Å². The van der Waals surface area contributed by atoms with Gasteiger partial charge in [-0.15, -0.1) is 0 Å². The molecule has 3 heterocycles. The van der Waals surface area contributed by atoms with E-state index >= 15 is 0 Å². The van der Waals surface area contributed by atoms with Gasteiger partial charge in [0.25, 0.3) is 5.91 Å². The molecule has 1 saturated heterocycles. The summed E-state index contributed by atoms with van der Waals surface area (Å²) in [6, 6.07) is 8.41. The molecule has 3 N–H and O–H groups in total. The van der Waals surface area contributed by atoms with E-state index in [2.05, 4.69) is 22.4 Å². The van der Waals surface area contributed by atoms with E-state index < -0.39 is 11.3 Å². The molecule has 10 nitrogen and oxygen atoms in total. The van der Waals surface area contributed by atoms with E-state index in [1.807, 2.05) is 40.6 Å². The molecule has 1 aromatic carbocycles. The van der Waals surface area contributed by atoms with Crippen molar-refractivity contribution >= 4 is 34.5 Å². The number of rotatable bonds is 7. The number of aromatic nitrogens is 3. The smallest absolute Gasteiger partial charge is 0.254 e. The number of anilines is 2. The van der Waals surface area contributed by atoms with Crippen molar-refractivity contribution in [2.45, 2.75) is 56.9 Å². The van der Waals surface area contributed by atoms with Crippen molar-refractivity contribution in [3.05, 3.63) is 58.0 Å². The molecule has 0 spiro atoms. The van der Waals surface area contributed by atoms with Crippen molar-refractivity contribution in [2.24, 2.45) is 5.73 Å². The van der Waals surface area contributed by atoms with Crippen molar-refractivity contribution < 1.29 is 9.59 Å². The predicted molar refractivity (Wildman–Crippen MR) is 151 cm³/mol. The Morgan fingerprint density at radius 1 is 1.05 bits per heavy atom. The largest absolute Gasteiger partial charge is 0.365 e. The molecule has 206 valence electrons. The van der Waals surface area contributed by atoms with Crippen LogP contribution in [0.5, 0.6) is 0 Å². The number of carbonyl (C=O) groups excluding carboxylic acids is 2. The number of nitrogens with two attached hydrogens (primary N) is 1. The van der Waals surface area contributed by atoms with Crippen molar-refractivity contribution in [3.63, 3.8) is 0 Å². The molecule has 2 aromatic heterocycles. The lowest BCUT2D eigenvalue weighted by molar-refractivity contribution is -0.132. The van der Waals surface area contributed by atoms with Gasteiger partial charge in [0.1, 0.15) is 11.2 Å². The van der Waals surface area contributed by atoms with E-state index in [1.165, 1.54) is 18.2 Å². The zero-order chi connectivity index (χ0) is 27.5. The third-order valence-corrected chi connectivity index (χ3v) is 7.94. The molecule has 5 rings (SSSR count). The molecule has 2 aliphatic rings. The van der Waals surface area contributed by atoms with Crippen molar-refractivity contribution in [1.29, 1.82) is 0 Å². The number of benzene rings is 1. The lowest BCUT2D eigenvalue weighted by Gasteiger charge is -2.33. The predicted octanol–water partition coefficient (Wildman–Crippen LogP) is 3.41. The second-order valence-electron chi connectivity index (χ2n) is 11.0. The Morgan fingerprint density at radius 2 is 1.74 bits per heavy atom. The highest BCUT2D eigenvalue weighted by molar-refractivity contribution is 5.95. The van der Waals surface area contributed by atoms with Gasteiger partial charge in [0.2, 0.25) is 17.3 Å². The molecule has 2 fully saturated rings. The van der Waals surface area contributed by atoms with Crippen LogP contribution in [-0.2, 0) is 4.79 Å². The summed E-state index contributed by atoms with van der Waals surface area (Å²) >= 11 is 0. The van der Waals surface area contributed by atoms with Crippen LogP contribution in [0.1, 0.15) is 72.8 Å². The SMILES string of the molecule is CN(C)CC(=O)N1CCC(c2ccc(Nc3ncc4c(=O)c(C(N)=O)cn(C5CCCCC5)c4n3)cc2)CC1. The van der Waals surface area contributed by atoms with Crippen LogP contribution in [0.15, 0.2) is 41.5 Å². The zero-order valence-corrected chi connectivity index (χ0v) is 22.7. The maximum atomic E-state index is 12.9. The molecule has 10 heteroatoms. The monoisotopic (exact) mass is 531 g/mol. The average molecular weight is 532 g/mol. The Bertz CT molecular complexity index is 1400. The fraction of sp³-hybridized carbons (Fsp3) is 0.483. The number of likely N-dealkylation sites (N-methyl/N-ethyl adjacent to an activating group) is 1. The van der Waals surface area contributed by atoms with E-state index in [0.29, 0.717) is 29.4 Å². The molecule has 0 bridgehead atoms. The average Bonchev–Trinajstić information content (AvgIpc) is 2.94. The molecule has 2 amide bonds. The van der Waals surface area contributed by atoms with Crippen LogP contribution in [0.2, 0.25) is 0 Å². The van der Waals surface area contributed by atoms with Gasteiger partial charge in [-0.1, -0.05) is 31.4 Å². The van der Waals surface area contributed by atoms with Crippen LogP contribution in [0.4, 0.5) is 11.6 Å². The summed E-state index contributed by atoms with van der Waals surface area (Å²) in [5, 5.41) is 3.57. The van der Waals surface area contributed by atoms with Gasteiger partial charge in [-0.25, -0.2) is 4.98 Å². The number of pyridine rings is 1. The summed E-state index contributed by atoms with van der Waals surface area (Å²) in [5.74, 6) is 0.259. The minimum Gasteiger partial charge on any atom is -0.365 e. The van der Waals surface area contributed by atoms with Crippen LogP contribution in [-0.4, -0.2) is 69.9 Å². The van der Waals surface area contributed by atoms with Crippen LogP contribution in [0, 0.1) is 0 Å². The molecular weight excluding hydrogens is 494 g/mol. The number of fused-ring (bicyclic) bond motifs is 1. The Labute approximate surface area is 228 Å². The normalized spacial score (nSPS) is 17.1. The van der Waals surface area contributed by atoms with Crippen LogP contribution >= 0.6 is 0 Å². The first-order valence-electron chi connectivity index (χ1n) is 13.8. The van der Waals surface area contributed by atoms with E-state index in [4.69, 9.17) is 10.7 Å². The van der Waals surface area contributed by atoms with E-state index in [1.54, 1.807) is 6.20 Å². The molecule has 39 heavy (non-hydrogen) atoms. The number of piperidine rings is 1. The quantitative estimate of drug-likeness (QED) is 0.478. The number of hydrogen-bond acceptors (Lipinski definition) is 7. The molecule has 0 radical (unpaired) electrons. The minimum absolute atomic E-state index is 0.0270. The van der Waals surface area contributed by atoms with Gasteiger partial charge < -0.3 is 25.4 Å². The summed E-state index contributed by atoms with van der Waals surface area (Å²) < 4.78 is 1.95. The van der Waals surface area contributed by atoms with Crippen molar-refractivity contribution in [3.8, 4) is 0 Å². The lowest BCUT2D eigenvalue weighted by Crippen LogP contribution is -2.42. The summed E-state index contributed by atoms with van der Waals surface area (Å²) in [5.41, 5.74) is 7.67. The van der Waals surface area contributed by atoms with Gasteiger partial charge in [-0.3, -0.25) is 14.4 Å². The molecule has 1 aliphatic heterocycles. The highest BCUT2D eigenvalue weighted by Gasteiger charge is 2.24. The maximum Gasteiger partial charge on any atom is 0.254 e. The fourth-order valence-electron chi connectivity index (χ4n) is 5.81. The fourth-order valence-corrected chi connectivity index (χ4v) is 5.81. The number of nitrogens with zero attached hydrogens (tertiary/aromatic N) is 5. The third-order valence-electron chi connectivity index (χ3n) is 7.94. The second kappa shape index (κ2) is 11.5. The van der Waals surface area contributed by atoms with E-state index in [9.17, 15) is 14.4 Å².